The standard InChI is InChI=1S/C19H20N2O2S/c1-13-11-14(2)18-16(12-13)21(3)19(24-18)20-17(22)9-10-23-15-7-5-4-6-8-15/h4-8,11-12H,9-10H2,1-3H3. The topological polar surface area (TPSA) is 43.6 Å². The Bertz CT molecular complexity index is 939. The van der Waals surface area contributed by atoms with Crippen LogP contribution < -0.4 is 9.54 Å². The van der Waals surface area contributed by atoms with E-state index < -0.39 is 0 Å². The number of aryl methyl sites for hydroxylation is 3. The molecule has 5 heteroatoms. The van der Waals surface area contributed by atoms with E-state index in [1.54, 1.807) is 11.3 Å². The van der Waals surface area contributed by atoms with Gasteiger partial charge in [0.25, 0.3) is 5.91 Å². The summed E-state index contributed by atoms with van der Waals surface area (Å²) in [5.41, 5.74) is 3.54. The summed E-state index contributed by atoms with van der Waals surface area (Å²) in [6.07, 6.45) is 0.265. The third kappa shape index (κ3) is 3.57. The summed E-state index contributed by atoms with van der Waals surface area (Å²) in [7, 11) is 1.95. The van der Waals surface area contributed by atoms with Gasteiger partial charge >= 0.3 is 0 Å². The Kier molecular flexibility index (Phi) is 4.81. The average Bonchev–Trinajstić information content (AvgIpc) is 2.85. The molecule has 0 unspecified atom stereocenters. The number of benzene rings is 2. The van der Waals surface area contributed by atoms with E-state index in [0.29, 0.717) is 6.61 Å². The molecular formula is C19H20N2O2S. The first-order chi connectivity index (χ1) is 11.5. The average molecular weight is 340 g/mol. The normalized spacial score (nSPS) is 11.9. The number of fused-ring (bicyclic) bond motifs is 1. The van der Waals surface area contributed by atoms with Gasteiger partial charge in [-0.3, -0.25) is 4.79 Å². The van der Waals surface area contributed by atoms with Gasteiger partial charge in [0.15, 0.2) is 4.80 Å². The van der Waals surface area contributed by atoms with E-state index in [0.717, 1.165) is 16.1 Å². The first kappa shape index (κ1) is 16.5. The predicted molar refractivity (Wildman–Crippen MR) is 97.4 cm³/mol. The molecule has 0 saturated carbocycles. The Morgan fingerprint density at radius 1 is 1.21 bits per heavy atom. The van der Waals surface area contributed by atoms with Crippen LogP contribution in [0.1, 0.15) is 17.5 Å². The molecule has 1 aromatic heterocycles. The Balaban J connectivity index is 1.76. The molecule has 3 aromatic rings. The molecule has 0 N–H and O–H groups in total. The zero-order valence-corrected chi connectivity index (χ0v) is 14.9. The molecule has 3 rings (SSSR count). The van der Waals surface area contributed by atoms with Crippen molar-refractivity contribution in [2.45, 2.75) is 20.3 Å². The predicted octanol–water partition coefficient (Wildman–Crippen LogP) is 3.75. The fraction of sp³-hybridized carbons (Fsp3) is 0.263. The number of nitrogens with zero attached hydrogens (tertiary/aromatic N) is 2. The number of para-hydroxylation sites is 1. The van der Waals surface area contributed by atoms with Gasteiger partial charge in [0.2, 0.25) is 0 Å². The van der Waals surface area contributed by atoms with E-state index in [1.807, 2.05) is 41.9 Å². The summed E-state index contributed by atoms with van der Waals surface area (Å²) >= 11 is 1.55. The van der Waals surface area contributed by atoms with Crippen LogP contribution >= 0.6 is 11.3 Å². The molecule has 24 heavy (non-hydrogen) atoms. The fourth-order valence-electron chi connectivity index (χ4n) is 2.61. The number of hydrogen-bond acceptors (Lipinski definition) is 3. The summed E-state index contributed by atoms with van der Waals surface area (Å²) in [4.78, 5) is 17.1. The molecule has 0 saturated heterocycles. The molecule has 0 aliphatic rings. The van der Waals surface area contributed by atoms with E-state index in [4.69, 9.17) is 4.74 Å². The Morgan fingerprint density at radius 2 is 1.96 bits per heavy atom. The number of hydrogen-bond donors (Lipinski definition) is 0. The lowest BCUT2D eigenvalue weighted by atomic mass is 10.1. The first-order valence-corrected chi connectivity index (χ1v) is 8.68. The number of thiazole rings is 1. The van der Waals surface area contributed by atoms with Gasteiger partial charge in [0.1, 0.15) is 5.75 Å². The van der Waals surface area contributed by atoms with Crippen molar-refractivity contribution in [1.29, 1.82) is 0 Å². The highest BCUT2D eigenvalue weighted by Gasteiger charge is 2.08. The van der Waals surface area contributed by atoms with E-state index in [1.165, 1.54) is 15.8 Å². The monoisotopic (exact) mass is 340 g/mol. The number of carbonyl (C=O) groups is 1. The highest BCUT2D eigenvalue weighted by atomic mass is 32.1. The molecule has 1 amide bonds. The minimum Gasteiger partial charge on any atom is -0.493 e. The SMILES string of the molecule is Cc1cc(C)c2sc(=NC(=O)CCOc3ccccc3)n(C)c2c1. The van der Waals surface area contributed by atoms with E-state index in [2.05, 4.69) is 31.0 Å². The molecule has 0 radical (unpaired) electrons. The van der Waals surface area contributed by atoms with Crippen LogP contribution in [-0.4, -0.2) is 17.1 Å². The van der Waals surface area contributed by atoms with Crippen LogP contribution in [0.3, 0.4) is 0 Å². The van der Waals surface area contributed by atoms with Crippen LogP contribution in [-0.2, 0) is 11.8 Å². The molecule has 2 aromatic carbocycles. The first-order valence-electron chi connectivity index (χ1n) is 7.87. The summed E-state index contributed by atoms with van der Waals surface area (Å²) in [5.74, 6) is 0.603. The molecule has 1 heterocycles. The molecule has 0 fully saturated rings. The van der Waals surface area contributed by atoms with Gasteiger partial charge in [0.05, 0.1) is 23.2 Å². The molecule has 4 nitrogen and oxygen atoms in total. The number of ether oxygens (including phenoxy) is 1. The van der Waals surface area contributed by atoms with E-state index in [-0.39, 0.29) is 12.3 Å². The largest absolute Gasteiger partial charge is 0.493 e. The van der Waals surface area contributed by atoms with Gasteiger partial charge in [-0.1, -0.05) is 35.6 Å². The van der Waals surface area contributed by atoms with Crippen LogP contribution in [0, 0.1) is 13.8 Å². The number of amides is 1. The second-order valence-corrected chi connectivity index (χ2v) is 6.77. The third-order valence-corrected chi connectivity index (χ3v) is 5.07. The second kappa shape index (κ2) is 7.01. The zero-order chi connectivity index (χ0) is 17.1. The Morgan fingerprint density at radius 3 is 2.71 bits per heavy atom. The summed E-state index contributed by atoms with van der Waals surface area (Å²) < 4.78 is 8.71. The van der Waals surface area contributed by atoms with Crippen molar-refractivity contribution >= 4 is 27.5 Å². The van der Waals surface area contributed by atoms with Crippen LogP contribution in [0.15, 0.2) is 47.5 Å². The number of aromatic nitrogens is 1. The van der Waals surface area contributed by atoms with Gasteiger partial charge in [-0.15, -0.1) is 0 Å². The number of rotatable bonds is 4. The molecule has 0 spiro atoms. The van der Waals surface area contributed by atoms with Crippen molar-refractivity contribution in [2.75, 3.05) is 6.61 Å². The van der Waals surface area contributed by atoms with Crippen LogP contribution in [0.2, 0.25) is 0 Å². The maximum Gasteiger partial charge on any atom is 0.251 e. The lowest BCUT2D eigenvalue weighted by Crippen LogP contribution is -2.14. The maximum atomic E-state index is 12.1. The van der Waals surface area contributed by atoms with Gasteiger partial charge in [-0.2, -0.15) is 4.99 Å². The molecule has 0 aliphatic carbocycles. The second-order valence-electron chi connectivity index (χ2n) is 5.79. The number of carbonyl (C=O) groups excluding carboxylic acids is 1. The highest BCUT2D eigenvalue weighted by Crippen LogP contribution is 2.22. The fourth-order valence-corrected chi connectivity index (χ4v) is 3.70. The zero-order valence-electron chi connectivity index (χ0n) is 14.1. The van der Waals surface area contributed by atoms with Crippen molar-refractivity contribution in [1.82, 2.24) is 4.57 Å². The van der Waals surface area contributed by atoms with Crippen LogP contribution in [0.25, 0.3) is 10.2 Å². The molecule has 124 valence electrons. The lowest BCUT2D eigenvalue weighted by Gasteiger charge is -2.03. The van der Waals surface area contributed by atoms with Crippen molar-refractivity contribution < 1.29 is 9.53 Å². The van der Waals surface area contributed by atoms with Crippen molar-refractivity contribution in [2.24, 2.45) is 12.0 Å². The molecule has 0 atom stereocenters. The van der Waals surface area contributed by atoms with Crippen molar-refractivity contribution in [3.05, 3.63) is 58.4 Å². The Labute approximate surface area is 145 Å². The quantitative estimate of drug-likeness (QED) is 0.726. The van der Waals surface area contributed by atoms with Crippen LogP contribution in [0.5, 0.6) is 5.75 Å². The van der Waals surface area contributed by atoms with Crippen molar-refractivity contribution in [3.63, 3.8) is 0 Å². The van der Waals surface area contributed by atoms with Gasteiger partial charge in [0, 0.05) is 7.05 Å². The van der Waals surface area contributed by atoms with Gasteiger partial charge in [-0.25, -0.2) is 0 Å². The van der Waals surface area contributed by atoms with E-state index >= 15 is 0 Å². The summed E-state index contributed by atoms with van der Waals surface area (Å²) in [6.45, 7) is 4.50. The molecule has 0 aliphatic heterocycles. The van der Waals surface area contributed by atoms with Gasteiger partial charge in [-0.05, 0) is 43.2 Å². The third-order valence-electron chi connectivity index (χ3n) is 3.79. The summed E-state index contributed by atoms with van der Waals surface area (Å²) in [6, 6.07) is 13.8. The van der Waals surface area contributed by atoms with E-state index in [9.17, 15) is 4.79 Å². The van der Waals surface area contributed by atoms with Crippen LogP contribution in [0.4, 0.5) is 0 Å². The smallest absolute Gasteiger partial charge is 0.251 e. The van der Waals surface area contributed by atoms with Crippen molar-refractivity contribution in [3.8, 4) is 5.75 Å². The molecular weight excluding hydrogens is 320 g/mol. The lowest BCUT2D eigenvalue weighted by molar-refractivity contribution is -0.118. The minimum absolute atomic E-state index is 0.164. The minimum atomic E-state index is -0.164. The molecule has 0 bridgehead atoms. The van der Waals surface area contributed by atoms with Gasteiger partial charge < -0.3 is 9.30 Å². The summed E-state index contributed by atoms with van der Waals surface area (Å²) in [5, 5.41) is 0. The Hall–Kier alpha value is -2.40. The maximum absolute atomic E-state index is 12.1. The highest BCUT2D eigenvalue weighted by molar-refractivity contribution is 7.16.